The van der Waals surface area contributed by atoms with Crippen LogP contribution in [0.3, 0.4) is 0 Å². The molecule has 0 saturated heterocycles. The van der Waals surface area contributed by atoms with E-state index in [0.29, 0.717) is 11.1 Å². The Morgan fingerprint density at radius 3 is 2.73 bits per heavy atom. The molecule has 0 aliphatic rings. The number of aromatic hydroxyl groups is 2. The summed E-state index contributed by atoms with van der Waals surface area (Å²) in [6, 6.07) is 2.66. The molecule has 1 heterocycles. The molecule has 2 rings (SSSR count). The number of fused-ring (bicyclic) bond motifs is 1. The molecule has 0 atom stereocenters. The lowest BCUT2D eigenvalue weighted by atomic mass is 10.3. The van der Waals surface area contributed by atoms with Crippen LogP contribution in [0.4, 0.5) is 0 Å². The van der Waals surface area contributed by atoms with Gasteiger partial charge in [-0.3, -0.25) is 0 Å². The Hall–Kier alpha value is -1.71. The molecule has 11 heavy (non-hydrogen) atoms. The molecule has 1 aromatic heterocycles. The lowest BCUT2D eigenvalue weighted by Gasteiger charge is -1.93. The van der Waals surface area contributed by atoms with Crippen molar-refractivity contribution < 1.29 is 14.6 Å². The maximum Gasteiger partial charge on any atom is 0.181 e. The van der Waals surface area contributed by atoms with Gasteiger partial charge in [-0.2, -0.15) is 0 Å². The molecule has 0 saturated carbocycles. The number of oxazole rings is 1. The second-order valence-electron chi connectivity index (χ2n) is 2.16. The Bertz CT molecular complexity index is 357. The number of phenols is 2. The fourth-order valence-corrected chi connectivity index (χ4v) is 0.882. The first kappa shape index (κ1) is 6.03. The van der Waals surface area contributed by atoms with Crippen LogP contribution in [0.25, 0.3) is 11.1 Å². The van der Waals surface area contributed by atoms with Gasteiger partial charge < -0.3 is 14.6 Å². The Morgan fingerprint density at radius 1 is 1.18 bits per heavy atom. The lowest BCUT2D eigenvalue weighted by molar-refractivity contribution is 0.404. The molecule has 0 aliphatic carbocycles. The number of hydrogen-bond acceptors (Lipinski definition) is 4. The molecular weight excluding hydrogens is 146 g/mol. The third kappa shape index (κ3) is 0.797. The van der Waals surface area contributed by atoms with Gasteiger partial charge in [0.05, 0.1) is 0 Å². The molecule has 1 aromatic carbocycles. The lowest BCUT2D eigenvalue weighted by Crippen LogP contribution is -1.69. The van der Waals surface area contributed by atoms with Crippen LogP contribution in [0.5, 0.6) is 11.5 Å². The fourth-order valence-electron chi connectivity index (χ4n) is 0.882. The van der Waals surface area contributed by atoms with E-state index in [1.54, 1.807) is 0 Å². The summed E-state index contributed by atoms with van der Waals surface area (Å²) < 4.78 is 4.87. The minimum Gasteiger partial charge on any atom is -0.504 e. The summed E-state index contributed by atoms with van der Waals surface area (Å²) >= 11 is 0. The summed E-state index contributed by atoms with van der Waals surface area (Å²) in [6.07, 6.45) is 1.25. The van der Waals surface area contributed by atoms with Crippen LogP contribution in [0.15, 0.2) is 22.9 Å². The van der Waals surface area contributed by atoms with Gasteiger partial charge in [0, 0.05) is 12.1 Å². The Kier molecular flexibility index (Phi) is 1.03. The van der Waals surface area contributed by atoms with Gasteiger partial charge in [-0.05, 0) is 0 Å². The summed E-state index contributed by atoms with van der Waals surface area (Å²) in [7, 11) is 0. The van der Waals surface area contributed by atoms with Crippen molar-refractivity contribution in [1.82, 2.24) is 4.98 Å². The molecule has 2 N–H and O–H groups in total. The molecule has 0 aliphatic heterocycles. The zero-order chi connectivity index (χ0) is 7.84. The van der Waals surface area contributed by atoms with Crippen molar-refractivity contribution in [3.05, 3.63) is 18.5 Å². The van der Waals surface area contributed by atoms with Gasteiger partial charge in [-0.15, -0.1) is 0 Å². The standard InChI is InChI=1S/C7H5NO3/c9-5-1-4-7(2-6(5)10)11-3-8-4/h1-3,9-10H. The molecular formula is C7H5NO3. The zero-order valence-electron chi connectivity index (χ0n) is 5.48. The number of nitrogens with zero attached hydrogens (tertiary/aromatic N) is 1. The van der Waals surface area contributed by atoms with Gasteiger partial charge in [0.2, 0.25) is 0 Å². The topological polar surface area (TPSA) is 66.5 Å². The van der Waals surface area contributed by atoms with Crippen LogP contribution in [0.1, 0.15) is 0 Å². The number of hydrogen-bond donors (Lipinski definition) is 2. The number of benzene rings is 1. The first-order valence-electron chi connectivity index (χ1n) is 3.02. The Balaban J connectivity index is 2.86. The predicted octanol–water partition coefficient (Wildman–Crippen LogP) is 1.24. The number of aromatic nitrogens is 1. The molecule has 0 unspecified atom stereocenters. The van der Waals surface area contributed by atoms with Crippen LogP contribution < -0.4 is 0 Å². The van der Waals surface area contributed by atoms with E-state index in [9.17, 15) is 0 Å². The summed E-state index contributed by atoms with van der Waals surface area (Å²) in [5.74, 6) is -0.388. The molecule has 0 bridgehead atoms. The van der Waals surface area contributed by atoms with Crippen molar-refractivity contribution in [2.75, 3.05) is 0 Å². The monoisotopic (exact) mass is 151 g/mol. The number of rotatable bonds is 0. The van der Waals surface area contributed by atoms with Crippen molar-refractivity contribution in [1.29, 1.82) is 0 Å². The van der Waals surface area contributed by atoms with Gasteiger partial charge in [-0.25, -0.2) is 4.98 Å². The second kappa shape index (κ2) is 1.88. The Labute approximate surface area is 61.7 Å². The van der Waals surface area contributed by atoms with E-state index in [1.807, 2.05) is 0 Å². The first-order chi connectivity index (χ1) is 5.27. The van der Waals surface area contributed by atoms with Crippen molar-refractivity contribution >= 4 is 11.1 Å². The summed E-state index contributed by atoms with van der Waals surface area (Å²) in [4.78, 5) is 3.78. The SMILES string of the molecule is Oc1cc2ncoc2cc1O. The molecule has 4 heteroatoms. The van der Waals surface area contributed by atoms with Crippen molar-refractivity contribution in [2.45, 2.75) is 0 Å². The third-order valence-electron chi connectivity index (χ3n) is 1.43. The summed E-state index contributed by atoms with van der Waals surface area (Å²) in [5, 5.41) is 18.0. The number of phenolic OH excluding ortho intramolecular Hbond substituents is 2. The average molecular weight is 151 g/mol. The van der Waals surface area contributed by atoms with Crippen LogP contribution >= 0.6 is 0 Å². The second-order valence-corrected chi connectivity index (χ2v) is 2.16. The van der Waals surface area contributed by atoms with E-state index in [1.165, 1.54) is 18.5 Å². The highest BCUT2D eigenvalue weighted by molar-refractivity contribution is 5.76. The molecule has 4 nitrogen and oxygen atoms in total. The fraction of sp³-hybridized carbons (Fsp3) is 0. The summed E-state index contributed by atoms with van der Waals surface area (Å²) in [6.45, 7) is 0. The quantitative estimate of drug-likeness (QED) is 0.556. The predicted molar refractivity (Wildman–Crippen MR) is 37.3 cm³/mol. The van der Waals surface area contributed by atoms with Crippen molar-refractivity contribution in [2.24, 2.45) is 0 Å². The summed E-state index contributed by atoms with van der Waals surface area (Å²) in [5.41, 5.74) is 0.987. The average Bonchev–Trinajstić information content (AvgIpc) is 2.36. The highest BCUT2D eigenvalue weighted by atomic mass is 16.3. The van der Waals surface area contributed by atoms with Crippen molar-refractivity contribution in [3.63, 3.8) is 0 Å². The van der Waals surface area contributed by atoms with E-state index in [2.05, 4.69) is 4.98 Å². The van der Waals surface area contributed by atoms with Crippen LogP contribution in [0.2, 0.25) is 0 Å². The largest absolute Gasteiger partial charge is 0.504 e. The van der Waals surface area contributed by atoms with Gasteiger partial charge in [0.15, 0.2) is 23.5 Å². The van der Waals surface area contributed by atoms with Gasteiger partial charge >= 0.3 is 0 Å². The Morgan fingerprint density at radius 2 is 1.91 bits per heavy atom. The van der Waals surface area contributed by atoms with E-state index in [-0.39, 0.29) is 11.5 Å². The van der Waals surface area contributed by atoms with Gasteiger partial charge in [0.1, 0.15) is 5.52 Å². The molecule has 0 spiro atoms. The molecule has 0 radical (unpaired) electrons. The normalized spacial score (nSPS) is 10.5. The van der Waals surface area contributed by atoms with E-state index >= 15 is 0 Å². The van der Waals surface area contributed by atoms with Crippen LogP contribution in [0, 0.1) is 0 Å². The van der Waals surface area contributed by atoms with Crippen molar-refractivity contribution in [3.8, 4) is 11.5 Å². The molecule has 56 valence electrons. The van der Waals surface area contributed by atoms with Crippen LogP contribution in [-0.2, 0) is 0 Å². The third-order valence-corrected chi connectivity index (χ3v) is 1.43. The van der Waals surface area contributed by atoms with Crippen LogP contribution in [-0.4, -0.2) is 15.2 Å². The molecule has 0 fully saturated rings. The van der Waals surface area contributed by atoms with E-state index < -0.39 is 0 Å². The maximum absolute atomic E-state index is 9.00. The highest BCUT2D eigenvalue weighted by Crippen LogP contribution is 2.28. The molecule has 2 aromatic rings. The first-order valence-corrected chi connectivity index (χ1v) is 3.02. The highest BCUT2D eigenvalue weighted by Gasteiger charge is 2.04. The smallest absolute Gasteiger partial charge is 0.181 e. The minimum atomic E-state index is -0.200. The zero-order valence-corrected chi connectivity index (χ0v) is 5.48. The van der Waals surface area contributed by atoms with Gasteiger partial charge in [-0.1, -0.05) is 0 Å². The maximum atomic E-state index is 9.00. The van der Waals surface area contributed by atoms with E-state index in [4.69, 9.17) is 14.6 Å². The minimum absolute atomic E-state index is 0.189. The molecule has 0 amide bonds. The van der Waals surface area contributed by atoms with Gasteiger partial charge in [0.25, 0.3) is 0 Å². The van der Waals surface area contributed by atoms with E-state index in [0.717, 1.165) is 0 Å².